The lowest BCUT2D eigenvalue weighted by atomic mass is 10.2. The standard InChI is InChI=1S/C13H18N2O3/c1-2-14-9-12(16)15-11-5-3-10(4-6-11)13-17-7-8-18-13/h3-6,13-14H,2,7-9H2,1H3,(H,15,16). The van der Waals surface area contributed by atoms with E-state index >= 15 is 0 Å². The minimum absolute atomic E-state index is 0.0435. The molecule has 0 atom stereocenters. The van der Waals surface area contributed by atoms with Gasteiger partial charge in [0.05, 0.1) is 19.8 Å². The Kier molecular flexibility index (Phi) is 4.69. The van der Waals surface area contributed by atoms with Crippen LogP contribution in [0.5, 0.6) is 0 Å². The van der Waals surface area contributed by atoms with Crippen LogP contribution in [0, 0.1) is 0 Å². The molecule has 1 aliphatic heterocycles. The van der Waals surface area contributed by atoms with Crippen LogP contribution in [0.1, 0.15) is 18.8 Å². The van der Waals surface area contributed by atoms with Crippen molar-refractivity contribution in [2.24, 2.45) is 0 Å². The fourth-order valence-corrected chi connectivity index (χ4v) is 1.72. The molecule has 1 saturated heterocycles. The molecule has 1 aliphatic rings. The molecule has 98 valence electrons. The van der Waals surface area contributed by atoms with Gasteiger partial charge in [-0.1, -0.05) is 19.1 Å². The van der Waals surface area contributed by atoms with Gasteiger partial charge in [0, 0.05) is 11.3 Å². The van der Waals surface area contributed by atoms with Gasteiger partial charge in [0.2, 0.25) is 5.91 Å². The van der Waals surface area contributed by atoms with Gasteiger partial charge in [0.1, 0.15) is 0 Å². The fraction of sp³-hybridized carbons (Fsp3) is 0.462. The first-order chi connectivity index (χ1) is 8.79. The average Bonchev–Trinajstić information content (AvgIpc) is 2.91. The number of benzene rings is 1. The zero-order valence-corrected chi connectivity index (χ0v) is 10.4. The Morgan fingerprint density at radius 3 is 2.56 bits per heavy atom. The Morgan fingerprint density at radius 2 is 1.94 bits per heavy atom. The summed E-state index contributed by atoms with van der Waals surface area (Å²) >= 11 is 0. The quantitative estimate of drug-likeness (QED) is 0.826. The van der Waals surface area contributed by atoms with Gasteiger partial charge in [-0.25, -0.2) is 0 Å². The van der Waals surface area contributed by atoms with Gasteiger partial charge in [-0.15, -0.1) is 0 Å². The summed E-state index contributed by atoms with van der Waals surface area (Å²) in [6, 6.07) is 7.51. The van der Waals surface area contributed by atoms with E-state index in [1.807, 2.05) is 31.2 Å². The van der Waals surface area contributed by atoms with Crippen LogP contribution in [0.25, 0.3) is 0 Å². The van der Waals surface area contributed by atoms with Gasteiger partial charge < -0.3 is 20.1 Å². The lowest BCUT2D eigenvalue weighted by Crippen LogP contribution is -2.27. The number of rotatable bonds is 5. The van der Waals surface area contributed by atoms with Gasteiger partial charge in [-0.2, -0.15) is 0 Å². The van der Waals surface area contributed by atoms with Crippen molar-refractivity contribution >= 4 is 11.6 Å². The molecule has 0 spiro atoms. The van der Waals surface area contributed by atoms with Crippen molar-refractivity contribution in [1.82, 2.24) is 5.32 Å². The van der Waals surface area contributed by atoms with E-state index in [2.05, 4.69) is 10.6 Å². The molecule has 1 fully saturated rings. The molecular weight excluding hydrogens is 232 g/mol. The Labute approximate surface area is 106 Å². The minimum Gasteiger partial charge on any atom is -0.346 e. The molecule has 0 saturated carbocycles. The van der Waals surface area contributed by atoms with Crippen molar-refractivity contribution in [3.8, 4) is 0 Å². The number of carbonyl (C=O) groups is 1. The summed E-state index contributed by atoms with van der Waals surface area (Å²) in [7, 11) is 0. The Morgan fingerprint density at radius 1 is 1.28 bits per heavy atom. The van der Waals surface area contributed by atoms with Gasteiger partial charge in [0.15, 0.2) is 6.29 Å². The maximum Gasteiger partial charge on any atom is 0.238 e. The molecule has 1 heterocycles. The molecule has 18 heavy (non-hydrogen) atoms. The largest absolute Gasteiger partial charge is 0.346 e. The van der Waals surface area contributed by atoms with Gasteiger partial charge in [-0.3, -0.25) is 4.79 Å². The number of amides is 1. The zero-order valence-electron chi connectivity index (χ0n) is 10.4. The predicted molar refractivity (Wildman–Crippen MR) is 68.3 cm³/mol. The third-order valence-corrected chi connectivity index (χ3v) is 2.62. The van der Waals surface area contributed by atoms with E-state index in [0.29, 0.717) is 19.8 Å². The van der Waals surface area contributed by atoms with Crippen LogP contribution >= 0.6 is 0 Å². The summed E-state index contributed by atoms with van der Waals surface area (Å²) in [6.07, 6.45) is -0.267. The van der Waals surface area contributed by atoms with Gasteiger partial charge in [0.25, 0.3) is 0 Å². The molecule has 0 aromatic heterocycles. The first-order valence-corrected chi connectivity index (χ1v) is 6.13. The summed E-state index contributed by atoms with van der Waals surface area (Å²) in [5.74, 6) is -0.0435. The normalized spacial score (nSPS) is 15.8. The second-order valence-electron chi connectivity index (χ2n) is 4.02. The summed E-state index contributed by atoms with van der Waals surface area (Å²) in [6.45, 7) is 4.33. The molecule has 0 unspecified atom stereocenters. The van der Waals surface area contributed by atoms with Crippen molar-refractivity contribution in [2.45, 2.75) is 13.2 Å². The van der Waals surface area contributed by atoms with Crippen LogP contribution in [-0.2, 0) is 14.3 Å². The zero-order chi connectivity index (χ0) is 12.8. The van der Waals surface area contributed by atoms with Crippen LogP contribution in [0.3, 0.4) is 0 Å². The smallest absolute Gasteiger partial charge is 0.238 e. The molecule has 2 rings (SSSR count). The lowest BCUT2D eigenvalue weighted by molar-refractivity contribution is -0.115. The average molecular weight is 250 g/mol. The van der Waals surface area contributed by atoms with Crippen molar-refractivity contribution in [3.05, 3.63) is 29.8 Å². The summed E-state index contributed by atoms with van der Waals surface area (Å²) in [5.41, 5.74) is 1.75. The highest BCUT2D eigenvalue weighted by molar-refractivity contribution is 5.92. The third kappa shape index (κ3) is 3.53. The van der Waals surface area contributed by atoms with Crippen LogP contribution in [0.15, 0.2) is 24.3 Å². The number of hydrogen-bond donors (Lipinski definition) is 2. The van der Waals surface area contributed by atoms with E-state index in [0.717, 1.165) is 17.8 Å². The molecule has 5 heteroatoms. The summed E-state index contributed by atoms with van der Waals surface area (Å²) in [4.78, 5) is 11.5. The molecule has 1 aromatic rings. The van der Waals surface area contributed by atoms with E-state index in [1.165, 1.54) is 0 Å². The van der Waals surface area contributed by atoms with Crippen LogP contribution in [0.2, 0.25) is 0 Å². The molecule has 0 aliphatic carbocycles. The molecule has 5 nitrogen and oxygen atoms in total. The van der Waals surface area contributed by atoms with Crippen molar-refractivity contribution < 1.29 is 14.3 Å². The SMILES string of the molecule is CCNCC(=O)Nc1ccc(C2OCCO2)cc1. The highest BCUT2D eigenvalue weighted by Crippen LogP contribution is 2.24. The number of likely N-dealkylation sites (N-methyl/N-ethyl adjacent to an activating group) is 1. The molecule has 2 N–H and O–H groups in total. The van der Waals surface area contributed by atoms with Crippen LogP contribution < -0.4 is 10.6 Å². The third-order valence-electron chi connectivity index (χ3n) is 2.62. The number of carbonyl (C=O) groups excluding carboxylic acids is 1. The fourth-order valence-electron chi connectivity index (χ4n) is 1.72. The lowest BCUT2D eigenvalue weighted by Gasteiger charge is -2.10. The second kappa shape index (κ2) is 6.49. The Bertz CT molecular complexity index is 386. The van der Waals surface area contributed by atoms with Gasteiger partial charge in [-0.05, 0) is 18.7 Å². The highest BCUT2D eigenvalue weighted by atomic mass is 16.7. The van der Waals surface area contributed by atoms with E-state index < -0.39 is 0 Å². The van der Waals surface area contributed by atoms with Crippen LogP contribution in [0.4, 0.5) is 5.69 Å². The first-order valence-electron chi connectivity index (χ1n) is 6.13. The molecule has 0 radical (unpaired) electrons. The van der Waals surface area contributed by atoms with Crippen molar-refractivity contribution in [1.29, 1.82) is 0 Å². The maximum atomic E-state index is 11.5. The van der Waals surface area contributed by atoms with E-state index in [1.54, 1.807) is 0 Å². The predicted octanol–water partition coefficient (Wildman–Crippen LogP) is 1.28. The van der Waals surface area contributed by atoms with Crippen molar-refractivity contribution in [2.75, 3.05) is 31.6 Å². The molecule has 1 aromatic carbocycles. The summed E-state index contributed by atoms with van der Waals surface area (Å²) < 4.78 is 10.8. The second-order valence-corrected chi connectivity index (χ2v) is 4.02. The number of ether oxygens (including phenoxy) is 2. The van der Waals surface area contributed by atoms with E-state index in [-0.39, 0.29) is 12.2 Å². The summed E-state index contributed by atoms with van der Waals surface area (Å²) in [5, 5.41) is 5.78. The van der Waals surface area contributed by atoms with Crippen molar-refractivity contribution in [3.63, 3.8) is 0 Å². The number of hydrogen-bond acceptors (Lipinski definition) is 4. The highest BCUT2D eigenvalue weighted by Gasteiger charge is 2.17. The number of nitrogens with one attached hydrogen (secondary N) is 2. The van der Waals surface area contributed by atoms with E-state index in [9.17, 15) is 4.79 Å². The van der Waals surface area contributed by atoms with Crippen LogP contribution in [-0.4, -0.2) is 32.2 Å². The van der Waals surface area contributed by atoms with Gasteiger partial charge >= 0.3 is 0 Å². The number of anilines is 1. The maximum absolute atomic E-state index is 11.5. The topological polar surface area (TPSA) is 59.6 Å². The van der Waals surface area contributed by atoms with E-state index in [4.69, 9.17) is 9.47 Å². The Balaban J connectivity index is 1.88. The monoisotopic (exact) mass is 250 g/mol. The first kappa shape index (κ1) is 13.0. The molecule has 1 amide bonds. The molecule has 0 bridgehead atoms. The Hall–Kier alpha value is -1.43. The minimum atomic E-state index is -0.267. The molecular formula is C13H18N2O3.